The van der Waals surface area contributed by atoms with E-state index in [1.165, 1.54) is 12.1 Å². The van der Waals surface area contributed by atoms with Crippen LogP contribution in [0.5, 0.6) is 0 Å². The molecule has 3 N–H and O–H groups in total. The number of rotatable bonds is 2. The summed E-state index contributed by atoms with van der Waals surface area (Å²) in [6.07, 6.45) is 1.22. The number of halogens is 1. The average molecular weight is 296 g/mol. The van der Waals surface area contributed by atoms with Crippen LogP contribution in [0.25, 0.3) is 0 Å². The minimum absolute atomic E-state index is 0.102. The molecule has 1 aliphatic heterocycles. The Labute approximate surface area is 111 Å². The third-order valence-corrected chi connectivity index (χ3v) is 3.94. The number of hydrogen-bond acceptors (Lipinski definition) is 2. The number of hydrogen-bond donors (Lipinski definition) is 2. The molecular formula is C13H18BrN3. The van der Waals surface area contributed by atoms with Gasteiger partial charge in [0.1, 0.15) is 5.84 Å². The first-order valence-corrected chi connectivity index (χ1v) is 6.57. The monoisotopic (exact) mass is 295 g/mol. The van der Waals surface area contributed by atoms with Crippen molar-refractivity contribution in [1.29, 1.82) is 5.41 Å². The van der Waals surface area contributed by atoms with Gasteiger partial charge in [0.2, 0.25) is 0 Å². The van der Waals surface area contributed by atoms with Gasteiger partial charge in [-0.2, -0.15) is 0 Å². The summed E-state index contributed by atoms with van der Waals surface area (Å²) in [6, 6.07) is 6.01. The van der Waals surface area contributed by atoms with Crippen LogP contribution in [0.15, 0.2) is 22.7 Å². The van der Waals surface area contributed by atoms with E-state index >= 15 is 0 Å². The molecule has 4 heteroatoms. The molecule has 1 heterocycles. The van der Waals surface area contributed by atoms with E-state index in [1.807, 2.05) is 12.1 Å². The summed E-state index contributed by atoms with van der Waals surface area (Å²) in [6.45, 7) is 6.77. The van der Waals surface area contributed by atoms with Crippen LogP contribution in [0.3, 0.4) is 0 Å². The zero-order valence-electron chi connectivity index (χ0n) is 10.3. The highest BCUT2D eigenvalue weighted by Crippen LogP contribution is 2.34. The smallest absolute Gasteiger partial charge is 0.123 e. The summed E-state index contributed by atoms with van der Waals surface area (Å²) in [5.74, 6) is 0.102. The zero-order chi connectivity index (χ0) is 12.6. The average Bonchev–Trinajstić information content (AvgIpc) is 2.58. The van der Waals surface area contributed by atoms with Crippen LogP contribution in [0, 0.1) is 10.8 Å². The van der Waals surface area contributed by atoms with Crippen molar-refractivity contribution >= 4 is 27.5 Å². The third-order valence-electron chi connectivity index (χ3n) is 3.29. The normalized spacial score (nSPS) is 18.4. The fourth-order valence-corrected chi connectivity index (χ4v) is 2.83. The molecule has 1 fully saturated rings. The summed E-state index contributed by atoms with van der Waals surface area (Å²) < 4.78 is 0.896. The minimum atomic E-state index is 0.102. The van der Waals surface area contributed by atoms with Crippen molar-refractivity contribution in [3.63, 3.8) is 0 Å². The van der Waals surface area contributed by atoms with Crippen molar-refractivity contribution in [1.82, 2.24) is 0 Å². The van der Waals surface area contributed by atoms with Crippen molar-refractivity contribution < 1.29 is 0 Å². The van der Waals surface area contributed by atoms with Crippen molar-refractivity contribution in [2.45, 2.75) is 20.3 Å². The molecule has 92 valence electrons. The SMILES string of the molecule is CC1(C)CCN(c2ccc(C(=N)N)c(Br)c2)C1. The van der Waals surface area contributed by atoms with Gasteiger partial charge in [-0.25, -0.2) is 0 Å². The van der Waals surface area contributed by atoms with Crippen LogP contribution in [-0.4, -0.2) is 18.9 Å². The molecule has 0 unspecified atom stereocenters. The first-order chi connectivity index (χ1) is 7.89. The Balaban J connectivity index is 2.24. The predicted octanol–water partition coefficient (Wildman–Crippen LogP) is 2.97. The maximum Gasteiger partial charge on any atom is 0.123 e. The molecule has 1 saturated heterocycles. The summed E-state index contributed by atoms with van der Waals surface area (Å²) in [5.41, 5.74) is 7.85. The quantitative estimate of drug-likeness (QED) is 0.651. The van der Waals surface area contributed by atoms with E-state index in [1.54, 1.807) is 0 Å². The Morgan fingerprint density at radius 3 is 2.65 bits per heavy atom. The molecule has 0 spiro atoms. The van der Waals surface area contributed by atoms with Gasteiger partial charge in [0.15, 0.2) is 0 Å². The standard InChI is InChI=1S/C13H18BrN3/c1-13(2)5-6-17(8-13)9-3-4-10(12(15)16)11(14)7-9/h3-4,7H,5-6,8H2,1-2H3,(H3,15,16). The van der Waals surface area contributed by atoms with E-state index in [9.17, 15) is 0 Å². The molecular weight excluding hydrogens is 278 g/mol. The molecule has 0 bridgehead atoms. The number of nitrogens with one attached hydrogen (secondary N) is 1. The van der Waals surface area contributed by atoms with E-state index in [4.69, 9.17) is 11.1 Å². The van der Waals surface area contributed by atoms with Crippen molar-refractivity contribution in [2.24, 2.45) is 11.1 Å². The van der Waals surface area contributed by atoms with Gasteiger partial charge in [-0.15, -0.1) is 0 Å². The largest absolute Gasteiger partial charge is 0.384 e. The molecule has 0 aromatic heterocycles. The van der Waals surface area contributed by atoms with Gasteiger partial charge in [-0.1, -0.05) is 13.8 Å². The molecule has 0 atom stereocenters. The van der Waals surface area contributed by atoms with E-state index in [0.29, 0.717) is 5.41 Å². The summed E-state index contributed by atoms with van der Waals surface area (Å²) in [7, 11) is 0. The number of amidine groups is 1. The lowest BCUT2D eigenvalue weighted by Crippen LogP contribution is -2.23. The Kier molecular flexibility index (Phi) is 3.17. The fraction of sp³-hybridized carbons (Fsp3) is 0.462. The van der Waals surface area contributed by atoms with Gasteiger partial charge < -0.3 is 10.6 Å². The summed E-state index contributed by atoms with van der Waals surface area (Å²) in [5, 5.41) is 7.45. The van der Waals surface area contributed by atoms with Gasteiger partial charge in [0.05, 0.1) is 0 Å². The van der Waals surface area contributed by atoms with E-state index in [2.05, 4.69) is 40.7 Å². The number of benzene rings is 1. The van der Waals surface area contributed by atoms with E-state index in [-0.39, 0.29) is 5.84 Å². The predicted molar refractivity (Wildman–Crippen MR) is 75.8 cm³/mol. The molecule has 0 amide bonds. The van der Waals surface area contributed by atoms with E-state index in [0.717, 1.165) is 23.1 Å². The molecule has 0 aliphatic carbocycles. The first-order valence-electron chi connectivity index (χ1n) is 5.78. The van der Waals surface area contributed by atoms with Gasteiger partial charge in [-0.05, 0) is 46.0 Å². The van der Waals surface area contributed by atoms with Gasteiger partial charge >= 0.3 is 0 Å². The lowest BCUT2D eigenvalue weighted by molar-refractivity contribution is 0.418. The highest BCUT2D eigenvalue weighted by atomic mass is 79.9. The van der Waals surface area contributed by atoms with Crippen LogP contribution < -0.4 is 10.6 Å². The number of anilines is 1. The second kappa shape index (κ2) is 4.33. The molecule has 1 aromatic rings. The third kappa shape index (κ3) is 2.63. The van der Waals surface area contributed by atoms with Crippen molar-refractivity contribution in [2.75, 3.05) is 18.0 Å². The number of nitrogen functional groups attached to an aromatic ring is 1. The Morgan fingerprint density at radius 1 is 1.47 bits per heavy atom. The molecule has 1 aromatic carbocycles. The fourth-order valence-electron chi connectivity index (χ4n) is 2.25. The summed E-state index contributed by atoms with van der Waals surface area (Å²) in [4.78, 5) is 2.38. The number of nitrogens with two attached hydrogens (primary N) is 1. The Morgan fingerprint density at radius 2 is 2.18 bits per heavy atom. The Bertz CT molecular complexity index is 454. The second-order valence-electron chi connectivity index (χ2n) is 5.41. The lowest BCUT2D eigenvalue weighted by atomic mass is 9.93. The molecule has 0 saturated carbocycles. The van der Waals surface area contributed by atoms with Gasteiger partial charge in [0.25, 0.3) is 0 Å². The van der Waals surface area contributed by atoms with Crippen molar-refractivity contribution in [3.8, 4) is 0 Å². The topological polar surface area (TPSA) is 53.1 Å². The molecule has 17 heavy (non-hydrogen) atoms. The van der Waals surface area contributed by atoms with Gasteiger partial charge in [0, 0.05) is 28.8 Å². The Hall–Kier alpha value is -1.03. The van der Waals surface area contributed by atoms with Crippen LogP contribution in [0.2, 0.25) is 0 Å². The minimum Gasteiger partial charge on any atom is -0.384 e. The van der Waals surface area contributed by atoms with Gasteiger partial charge in [-0.3, -0.25) is 5.41 Å². The molecule has 0 radical (unpaired) electrons. The maximum absolute atomic E-state index is 7.45. The molecule has 1 aliphatic rings. The van der Waals surface area contributed by atoms with E-state index < -0.39 is 0 Å². The second-order valence-corrected chi connectivity index (χ2v) is 6.27. The highest BCUT2D eigenvalue weighted by Gasteiger charge is 2.29. The van der Waals surface area contributed by atoms with Crippen LogP contribution in [-0.2, 0) is 0 Å². The zero-order valence-corrected chi connectivity index (χ0v) is 11.8. The van der Waals surface area contributed by atoms with Crippen molar-refractivity contribution in [3.05, 3.63) is 28.2 Å². The van der Waals surface area contributed by atoms with Crippen LogP contribution in [0.1, 0.15) is 25.8 Å². The maximum atomic E-state index is 7.45. The first kappa shape index (κ1) is 12.4. The number of nitrogens with zero attached hydrogens (tertiary/aromatic N) is 1. The summed E-state index contributed by atoms with van der Waals surface area (Å²) >= 11 is 3.48. The lowest BCUT2D eigenvalue weighted by Gasteiger charge is -2.22. The molecule has 3 nitrogen and oxygen atoms in total. The van der Waals surface area contributed by atoms with Crippen LogP contribution in [0.4, 0.5) is 5.69 Å². The van der Waals surface area contributed by atoms with Crippen LogP contribution >= 0.6 is 15.9 Å². The highest BCUT2D eigenvalue weighted by molar-refractivity contribution is 9.10. The molecule has 2 rings (SSSR count).